The number of allylic oxidation sites excluding steroid dienone is 2. The van der Waals surface area contributed by atoms with Gasteiger partial charge in [-0.15, -0.1) is 0 Å². The van der Waals surface area contributed by atoms with E-state index in [-0.39, 0.29) is 11.8 Å². The van der Waals surface area contributed by atoms with E-state index >= 15 is 0 Å². The number of aryl methyl sites for hydroxylation is 1. The summed E-state index contributed by atoms with van der Waals surface area (Å²) in [6.07, 6.45) is 2.93. The molecular formula is C21H28Cl2N2O2. The van der Waals surface area contributed by atoms with Crippen LogP contribution in [0.1, 0.15) is 38.7 Å². The number of carbonyl (C=O) groups excluding carboxylic acids is 1. The maximum absolute atomic E-state index is 12.4. The fraction of sp³-hybridized carbons (Fsp3) is 0.571. The minimum atomic E-state index is 0.0749. The summed E-state index contributed by atoms with van der Waals surface area (Å²) >= 11 is 12.4. The van der Waals surface area contributed by atoms with Gasteiger partial charge in [0.15, 0.2) is 0 Å². The second kappa shape index (κ2) is 8.85. The van der Waals surface area contributed by atoms with Crippen LogP contribution in [0.2, 0.25) is 10.0 Å². The van der Waals surface area contributed by atoms with Gasteiger partial charge in [-0.25, -0.2) is 0 Å². The third kappa shape index (κ3) is 4.61. The lowest BCUT2D eigenvalue weighted by Crippen LogP contribution is -2.48. The van der Waals surface area contributed by atoms with Gasteiger partial charge in [-0.05, 0) is 50.8 Å². The topological polar surface area (TPSA) is 41.6 Å². The standard InChI is InChI=1S/C21H28Cl2N2O2/c1-4-13(2)20(24-19-10-18(23)17(22)9-14(19)3)15-5-7-25(8-6-15)21(26)16-11-27-12-16/h9-10,15-16,24H,4-8,11-12H2,1-3H3. The van der Waals surface area contributed by atoms with Crippen molar-refractivity contribution in [1.29, 1.82) is 0 Å². The van der Waals surface area contributed by atoms with E-state index < -0.39 is 0 Å². The summed E-state index contributed by atoms with van der Waals surface area (Å²) in [4.78, 5) is 14.5. The van der Waals surface area contributed by atoms with Crippen LogP contribution < -0.4 is 5.32 Å². The van der Waals surface area contributed by atoms with E-state index in [1.54, 1.807) is 0 Å². The van der Waals surface area contributed by atoms with Gasteiger partial charge in [0, 0.05) is 30.4 Å². The highest BCUT2D eigenvalue weighted by atomic mass is 35.5. The molecule has 2 saturated heterocycles. The second-order valence-electron chi connectivity index (χ2n) is 7.59. The van der Waals surface area contributed by atoms with Crippen molar-refractivity contribution < 1.29 is 9.53 Å². The molecule has 1 amide bonds. The molecule has 0 aliphatic carbocycles. The molecule has 0 aromatic heterocycles. The van der Waals surface area contributed by atoms with Crippen LogP contribution in [0.5, 0.6) is 0 Å². The molecular weight excluding hydrogens is 383 g/mol. The highest BCUT2D eigenvalue weighted by Crippen LogP contribution is 2.34. The number of nitrogens with zero attached hydrogens (tertiary/aromatic N) is 1. The van der Waals surface area contributed by atoms with E-state index in [1.165, 1.54) is 11.3 Å². The van der Waals surface area contributed by atoms with Crippen LogP contribution >= 0.6 is 23.2 Å². The molecule has 148 valence electrons. The molecule has 2 aliphatic heterocycles. The van der Waals surface area contributed by atoms with Gasteiger partial charge in [-0.1, -0.05) is 35.7 Å². The largest absolute Gasteiger partial charge is 0.380 e. The fourth-order valence-corrected chi connectivity index (χ4v) is 4.08. The van der Waals surface area contributed by atoms with Gasteiger partial charge in [0.05, 0.1) is 29.2 Å². The summed E-state index contributed by atoms with van der Waals surface area (Å²) in [5.41, 5.74) is 4.68. The van der Waals surface area contributed by atoms with Crippen molar-refractivity contribution in [1.82, 2.24) is 4.90 Å². The van der Waals surface area contributed by atoms with E-state index in [2.05, 4.69) is 19.2 Å². The van der Waals surface area contributed by atoms with Crippen molar-refractivity contribution in [3.8, 4) is 0 Å². The number of hydrogen-bond donors (Lipinski definition) is 1. The first-order valence-electron chi connectivity index (χ1n) is 9.69. The van der Waals surface area contributed by atoms with Crippen molar-refractivity contribution in [3.63, 3.8) is 0 Å². The lowest BCUT2D eigenvalue weighted by Gasteiger charge is -2.37. The van der Waals surface area contributed by atoms with Gasteiger partial charge >= 0.3 is 0 Å². The minimum absolute atomic E-state index is 0.0749. The van der Waals surface area contributed by atoms with Gasteiger partial charge < -0.3 is 15.0 Å². The first-order valence-corrected chi connectivity index (χ1v) is 10.4. The number of rotatable bonds is 5. The number of likely N-dealkylation sites (tertiary alicyclic amines) is 1. The Kier molecular flexibility index (Phi) is 6.72. The summed E-state index contributed by atoms with van der Waals surface area (Å²) in [7, 11) is 0. The monoisotopic (exact) mass is 410 g/mol. The van der Waals surface area contributed by atoms with Gasteiger partial charge in [-0.2, -0.15) is 0 Å². The second-order valence-corrected chi connectivity index (χ2v) is 8.40. The van der Waals surface area contributed by atoms with E-state index in [1.807, 2.05) is 24.0 Å². The van der Waals surface area contributed by atoms with Gasteiger partial charge in [0.25, 0.3) is 0 Å². The molecule has 4 nitrogen and oxygen atoms in total. The molecule has 0 radical (unpaired) electrons. The number of hydrogen-bond acceptors (Lipinski definition) is 3. The van der Waals surface area contributed by atoms with Crippen LogP contribution in [-0.2, 0) is 9.53 Å². The average Bonchev–Trinajstić information content (AvgIpc) is 2.61. The molecule has 0 bridgehead atoms. The van der Waals surface area contributed by atoms with Crippen LogP contribution in [-0.4, -0.2) is 37.1 Å². The molecule has 0 atom stereocenters. The Hall–Kier alpha value is -1.23. The van der Waals surface area contributed by atoms with Gasteiger partial charge in [0.1, 0.15) is 0 Å². The normalized spacial score (nSPS) is 19.5. The number of piperidine rings is 1. The third-order valence-corrected chi connectivity index (χ3v) is 6.45. The molecule has 0 saturated carbocycles. The summed E-state index contributed by atoms with van der Waals surface area (Å²) in [5.74, 6) is 0.747. The molecule has 2 fully saturated rings. The Morgan fingerprint density at radius 3 is 2.37 bits per heavy atom. The van der Waals surface area contributed by atoms with Crippen LogP contribution in [0.25, 0.3) is 0 Å². The van der Waals surface area contributed by atoms with Crippen molar-refractivity contribution in [2.75, 3.05) is 31.6 Å². The summed E-state index contributed by atoms with van der Waals surface area (Å²) in [6, 6.07) is 3.80. The van der Waals surface area contributed by atoms with Crippen molar-refractivity contribution in [3.05, 3.63) is 39.0 Å². The maximum Gasteiger partial charge on any atom is 0.230 e. The average molecular weight is 411 g/mol. The Morgan fingerprint density at radius 2 is 1.81 bits per heavy atom. The summed E-state index contributed by atoms with van der Waals surface area (Å²) in [5, 5.41) is 4.77. The van der Waals surface area contributed by atoms with E-state index in [9.17, 15) is 4.79 Å². The van der Waals surface area contributed by atoms with E-state index in [4.69, 9.17) is 27.9 Å². The molecule has 0 unspecified atom stereocenters. The molecule has 2 aliphatic rings. The highest BCUT2D eigenvalue weighted by molar-refractivity contribution is 6.42. The Labute approximate surface area is 171 Å². The summed E-state index contributed by atoms with van der Waals surface area (Å²) in [6.45, 7) is 9.16. The minimum Gasteiger partial charge on any atom is -0.380 e. The van der Waals surface area contributed by atoms with Crippen LogP contribution in [0.15, 0.2) is 23.4 Å². The molecule has 2 heterocycles. The van der Waals surface area contributed by atoms with E-state index in [0.29, 0.717) is 29.2 Å². The number of halogens is 2. The predicted molar refractivity (Wildman–Crippen MR) is 111 cm³/mol. The lowest BCUT2D eigenvalue weighted by molar-refractivity contribution is -0.151. The number of ether oxygens (including phenoxy) is 1. The maximum atomic E-state index is 12.4. The quantitative estimate of drug-likeness (QED) is 0.717. The van der Waals surface area contributed by atoms with Crippen molar-refractivity contribution in [2.24, 2.45) is 11.8 Å². The molecule has 27 heavy (non-hydrogen) atoms. The Balaban J connectivity index is 1.71. The van der Waals surface area contributed by atoms with Gasteiger partial charge in [-0.3, -0.25) is 4.79 Å². The third-order valence-electron chi connectivity index (χ3n) is 5.73. The number of nitrogens with one attached hydrogen (secondary N) is 1. The highest BCUT2D eigenvalue weighted by Gasteiger charge is 2.33. The molecule has 0 spiro atoms. The molecule has 1 N–H and O–H groups in total. The Bertz CT molecular complexity index is 736. The smallest absolute Gasteiger partial charge is 0.230 e. The molecule has 1 aromatic carbocycles. The Morgan fingerprint density at radius 1 is 1.19 bits per heavy atom. The zero-order valence-corrected chi connectivity index (χ0v) is 17.8. The lowest BCUT2D eigenvalue weighted by atomic mass is 9.89. The van der Waals surface area contributed by atoms with Crippen molar-refractivity contribution in [2.45, 2.75) is 40.0 Å². The van der Waals surface area contributed by atoms with Crippen LogP contribution in [0.3, 0.4) is 0 Å². The van der Waals surface area contributed by atoms with Crippen molar-refractivity contribution >= 4 is 34.8 Å². The summed E-state index contributed by atoms with van der Waals surface area (Å²) < 4.78 is 5.16. The first kappa shape index (κ1) is 20.5. The first-order chi connectivity index (χ1) is 12.9. The van der Waals surface area contributed by atoms with Gasteiger partial charge in [0.2, 0.25) is 5.91 Å². The fourth-order valence-electron chi connectivity index (χ4n) is 3.70. The number of anilines is 1. The SMILES string of the molecule is CCC(C)=C(Nc1cc(Cl)c(Cl)cc1C)C1CCN(C(=O)C2COC2)CC1. The number of benzene rings is 1. The molecule has 3 rings (SSSR count). The zero-order valence-electron chi connectivity index (χ0n) is 16.3. The van der Waals surface area contributed by atoms with Crippen LogP contribution in [0.4, 0.5) is 5.69 Å². The number of amides is 1. The molecule has 1 aromatic rings. The van der Waals surface area contributed by atoms with E-state index in [0.717, 1.165) is 43.6 Å². The zero-order chi connectivity index (χ0) is 19.6. The number of carbonyl (C=O) groups is 1. The predicted octanol–water partition coefficient (Wildman–Crippen LogP) is 5.28. The molecule has 6 heteroatoms. The van der Waals surface area contributed by atoms with Crippen LogP contribution in [0, 0.1) is 18.8 Å².